The van der Waals surface area contributed by atoms with Crippen molar-refractivity contribution >= 4 is 22.5 Å². The predicted octanol–water partition coefficient (Wildman–Crippen LogP) is 4.21. The van der Waals surface area contributed by atoms with Gasteiger partial charge in [0.15, 0.2) is 0 Å². The van der Waals surface area contributed by atoms with Gasteiger partial charge in [0.1, 0.15) is 5.75 Å². The van der Waals surface area contributed by atoms with Gasteiger partial charge in [-0.3, -0.25) is 4.79 Å². The second kappa shape index (κ2) is 9.02. The highest BCUT2D eigenvalue weighted by Crippen LogP contribution is 2.29. The number of nitrogens with zero attached hydrogens (tertiary/aromatic N) is 2. The van der Waals surface area contributed by atoms with Gasteiger partial charge in [0, 0.05) is 42.4 Å². The number of aromatic nitrogens is 1. The molecule has 6 heteroatoms. The number of nitrogens with one attached hydrogen (secondary N) is 1. The number of rotatable bonds is 6. The van der Waals surface area contributed by atoms with Crippen LogP contribution in [0.4, 0.5) is 5.69 Å². The molecular formula is C25H31N3O3. The topological polar surface area (TPSA) is 55.7 Å². The van der Waals surface area contributed by atoms with E-state index in [4.69, 9.17) is 9.47 Å². The van der Waals surface area contributed by atoms with Crippen molar-refractivity contribution in [2.45, 2.75) is 26.8 Å². The van der Waals surface area contributed by atoms with E-state index in [1.807, 2.05) is 46.0 Å². The number of fused-ring (bicyclic) bond motifs is 1. The first kappa shape index (κ1) is 21.2. The third kappa shape index (κ3) is 4.26. The molecule has 31 heavy (non-hydrogen) atoms. The quantitative estimate of drug-likeness (QED) is 0.648. The zero-order chi connectivity index (χ0) is 22.0. The van der Waals surface area contributed by atoms with Crippen molar-refractivity contribution in [2.75, 3.05) is 37.8 Å². The second-order valence-corrected chi connectivity index (χ2v) is 8.02. The molecule has 1 amide bonds. The Kier molecular flexibility index (Phi) is 6.18. The molecule has 0 aliphatic carbocycles. The molecule has 6 nitrogen and oxygen atoms in total. The Morgan fingerprint density at radius 1 is 1.16 bits per heavy atom. The summed E-state index contributed by atoms with van der Waals surface area (Å²) in [6, 6.07) is 14.3. The molecular weight excluding hydrogens is 390 g/mol. The SMILES string of the molecule is CCOc1ccc2c(c1)c(C(=O)N[C@H](C)c1ccc(N3CCOCC3)cc1)c(C)n2C. The average Bonchev–Trinajstić information content (AvgIpc) is 3.04. The zero-order valence-electron chi connectivity index (χ0n) is 18.8. The van der Waals surface area contributed by atoms with Gasteiger partial charge in [0.05, 0.1) is 31.4 Å². The number of carbonyl (C=O) groups excluding carboxylic acids is 1. The number of hydrogen-bond acceptors (Lipinski definition) is 4. The number of benzene rings is 2. The molecule has 1 N–H and O–H groups in total. The summed E-state index contributed by atoms with van der Waals surface area (Å²) < 4.78 is 13.1. The molecule has 0 saturated carbocycles. The van der Waals surface area contributed by atoms with Gasteiger partial charge < -0.3 is 24.3 Å². The molecule has 1 atom stereocenters. The van der Waals surface area contributed by atoms with Crippen LogP contribution in [0.3, 0.4) is 0 Å². The molecule has 0 radical (unpaired) electrons. The first-order valence-corrected chi connectivity index (χ1v) is 10.9. The monoisotopic (exact) mass is 421 g/mol. The Labute approximate surface area is 183 Å². The fourth-order valence-electron chi connectivity index (χ4n) is 4.24. The molecule has 0 bridgehead atoms. The maximum absolute atomic E-state index is 13.3. The van der Waals surface area contributed by atoms with Crippen LogP contribution >= 0.6 is 0 Å². The fraction of sp³-hybridized carbons (Fsp3) is 0.400. The van der Waals surface area contributed by atoms with Crippen LogP contribution < -0.4 is 15.0 Å². The summed E-state index contributed by atoms with van der Waals surface area (Å²) in [6.07, 6.45) is 0. The zero-order valence-corrected chi connectivity index (χ0v) is 18.8. The third-order valence-corrected chi connectivity index (χ3v) is 6.12. The van der Waals surface area contributed by atoms with Gasteiger partial charge in [0.2, 0.25) is 0 Å². The van der Waals surface area contributed by atoms with Crippen LogP contribution in [-0.4, -0.2) is 43.4 Å². The van der Waals surface area contributed by atoms with Crippen molar-refractivity contribution < 1.29 is 14.3 Å². The smallest absolute Gasteiger partial charge is 0.254 e. The van der Waals surface area contributed by atoms with E-state index in [1.165, 1.54) is 5.69 Å². The normalized spacial score (nSPS) is 15.2. The van der Waals surface area contributed by atoms with Crippen molar-refractivity contribution in [3.63, 3.8) is 0 Å². The van der Waals surface area contributed by atoms with E-state index < -0.39 is 0 Å². The van der Waals surface area contributed by atoms with Crippen molar-refractivity contribution in [1.29, 1.82) is 0 Å². The molecule has 3 aromatic rings. The summed E-state index contributed by atoms with van der Waals surface area (Å²) in [5.74, 6) is 0.711. The molecule has 1 aromatic heterocycles. The summed E-state index contributed by atoms with van der Waals surface area (Å²) in [5, 5.41) is 4.10. The van der Waals surface area contributed by atoms with Crippen LogP contribution in [0.1, 0.15) is 41.5 Å². The molecule has 0 spiro atoms. The average molecular weight is 422 g/mol. The summed E-state index contributed by atoms with van der Waals surface area (Å²) in [7, 11) is 1.99. The van der Waals surface area contributed by atoms with E-state index >= 15 is 0 Å². The summed E-state index contributed by atoms with van der Waals surface area (Å²) >= 11 is 0. The van der Waals surface area contributed by atoms with Gasteiger partial charge in [-0.2, -0.15) is 0 Å². The molecule has 2 aromatic carbocycles. The van der Waals surface area contributed by atoms with Gasteiger partial charge >= 0.3 is 0 Å². The summed E-state index contributed by atoms with van der Waals surface area (Å²) in [4.78, 5) is 15.6. The Hall–Kier alpha value is -2.99. The van der Waals surface area contributed by atoms with Gasteiger partial charge in [0.25, 0.3) is 5.91 Å². The largest absolute Gasteiger partial charge is 0.494 e. The van der Waals surface area contributed by atoms with Crippen LogP contribution in [0.15, 0.2) is 42.5 Å². The highest BCUT2D eigenvalue weighted by Gasteiger charge is 2.21. The van der Waals surface area contributed by atoms with E-state index in [9.17, 15) is 4.79 Å². The van der Waals surface area contributed by atoms with E-state index in [0.29, 0.717) is 12.2 Å². The Morgan fingerprint density at radius 3 is 2.55 bits per heavy atom. The molecule has 4 rings (SSSR count). The van der Waals surface area contributed by atoms with Crippen molar-refractivity contribution in [3.8, 4) is 5.75 Å². The summed E-state index contributed by atoms with van der Waals surface area (Å²) in [6.45, 7) is 9.92. The Morgan fingerprint density at radius 2 is 1.87 bits per heavy atom. The minimum atomic E-state index is -0.101. The van der Waals surface area contributed by atoms with Gasteiger partial charge in [-0.15, -0.1) is 0 Å². The van der Waals surface area contributed by atoms with Crippen LogP contribution in [0.2, 0.25) is 0 Å². The Balaban J connectivity index is 1.54. The highest BCUT2D eigenvalue weighted by molar-refractivity contribution is 6.08. The van der Waals surface area contributed by atoms with Crippen LogP contribution in [0.5, 0.6) is 5.75 Å². The van der Waals surface area contributed by atoms with Crippen molar-refractivity contribution in [3.05, 3.63) is 59.3 Å². The number of ether oxygens (including phenoxy) is 2. The molecule has 0 unspecified atom stereocenters. The van der Waals surface area contributed by atoms with E-state index in [-0.39, 0.29) is 11.9 Å². The lowest BCUT2D eigenvalue weighted by Gasteiger charge is -2.29. The lowest BCUT2D eigenvalue weighted by molar-refractivity contribution is 0.0940. The van der Waals surface area contributed by atoms with E-state index in [2.05, 4.69) is 39.0 Å². The molecule has 1 aliphatic rings. The molecule has 1 saturated heterocycles. The van der Waals surface area contributed by atoms with Crippen molar-refractivity contribution in [1.82, 2.24) is 9.88 Å². The van der Waals surface area contributed by atoms with E-state index in [1.54, 1.807) is 0 Å². The lowest BCUT2D eigenvalue weighted by Crippen LogP contribution is -2.36. The van der Waals surface area contributed by atoms with Crippen LogP contribution in [-0.2, 0) is 11.8 Å². The van der Waals surface area contributed by atoms with Gasteiger partial charge in [-0.1, -0.05) is 12.1 Å². The predicted molar refractivity (Wildman–Crippen MR) is 124 cm³/mol. The minimum Gasteiger partial charge on any atom is -0.494 e. The Bertz CT molecular complexity index is 1070. The van der Waals surface area contributed by atoms with E-state index in [0.717, 1.165) is 54.2 Å². The van der Waals surface area contributed by atoms with Gasteiger partial charge in [-0.05, 0) is 56.7 Å². The molecule has 1 fully saturated rings. The highest BCUT2D eigenvalue weighted by atomic mass is 16.5. The second-order valence-electron chi connectivity index (χ2n) is 8.02. The first-order valence-electron chi connectivity index (χ1n) is 10.9. The number of amides is 1. The molecule has 164 valence electrons. The number of morpholine rings is 1. The lowest BCUT2D eigenvalue weighted by atomic mass is 10.1. The number of anilines is 1. The minimum absolute atomic E-state index is 0.0681. The maximum Gasteiger partial charge on any atom is 0.254 e. The van der Waals surface area contributed by atoms with Crippen LogP contribution in [0, 0.1) is 6.92 Å². The van der Waals surface area contributed by atoms with Crippen LogP contribution in [0.25, 0.3) is 10.9 Å². The molecule has 1 aliphatic heterocycles. The van der Waals surface area contributed by atoms with Crippen molar-refractivity contribution in [2.24, 2.45) is 7.05 Å². The first-order chi connectivity index (χ1) is 15.0. The molecule has 2 heterocycles. The number of carbonyl (C=O) groups is 1. The fourth-order valence-corrected chi connectivity index (χ4v) is 4.24. The number of hydrogen-bond donors (Lipinski definition) is 1. The number of aryl methyl sites for hydroxylation is 1. The third-order valence-electron chi connectivity index (χ3n) is 6.12. The van der Waals surface area contributed by atoms with Gasteiger partial charge in [-0.25, -0.2) is 0 Å². The summed E-state index contributed by atoms with van der Waals surface area (Å²) in [5.41, 5.74) is 4.94. The standard InChI is InChI=1S/C25H31N3O3/c1-5-31-21-10-11-23-22(16-21)24(18(3)27(23)4)25(29)26-17(2)19-6-8-20(9-7-19)28-12-14-30-15-13-28/h6-11,16-17H,5,12-15H2,1-4H3,(H,26,29)/t17-/m1/s1. The maximum atomic E-state index is 13.3.